The third-order valence-electron chi connectivity index (χ3n) is 7.13. The van der Waals surface area contributed by atoms with E-state index in [1.807, 2.05) is 19.1 Å². The fourth-order valence-corrected chi connectivity index (χ4v) is 5.46. The van der Waals surface area contributed by atoms with Crippen molar-refractivity contribution in [2.75, 3.05) is 50.8 Å². The Morgan fingerprint density at radius 3 is 2.78 bits per heavy atom. The quantitative estimate of drug-likeness (QED) is 0.158. The second kappa shape index (κ2) is 13.4. The third kappa shape index (κ3) is 7.03. The number of nitro groups is 1. The van der Waals surface area contributed by atoms with Gasteiger partial charge in [0.05, 0.1) is 31.3 Å². The number of halogens is 2. The van der Waals surface area contributed by atoms with Gasteiger partial charge in [-0.2, -0.15) is 0 Å². The third-order valence-corrected chi connectivity index (χ3v) is 7.71. The Kier molecular flexibility index (Phi) is 9.48. The number of hydrogen-bond acceptors (Lipinski definition) is 8. The van der Waals surface area contributed by atoms with Crippen LogP contribution in [0.2, 0.25) is 10.0 Å². The van der Waals surface area contributed by atoms with Crippen LogP contribution in [0, 0.1) is 10.1 Å². The van der Waals surface area contributed by atoms with Crippen molar-refractivity contribution in [1.82, 2.24) is 15.4 Å². The zero-order chi connectivity index (χ0) is 28.8. The number of nitrogens with one attached hydrogen (secondary N) is 1. The molecule has 1 fully saturated rings. The zero-order valence-electron chi connectivity index (χ0n) is 22.8. The molecule has 0 saturated carbocycles. The van der Waals surface area contributed by atoms with Gasteiger partial charge in [-0.1, -0.05) is 34.4 Å². The highest BCUT2D eigenvalue weighted by atomic mass is 35.5. The number of piperazine rings is 1. The summed E-state index contributed by atoms with van der Waals surface area (Å²) in [6, 6.07) is 10.5. The van der Waals surface area contributed by atoms with E-state index in [4.69, 9.17) is 42.2 Å². The highest BCUT2D eigenvalue weighted by molar-refractivity contribution is 6.35. The Balaban J connectivity index is 1.28. The van der Waals surface area contributed by atoms with Crippen LogP contribution < -0.4 is 15.0 Å². The molecular weight excluding hydrogens is 571 g/mol. The van der Waals surface area contributed by atoms with Gasteiger partial charge in [0, 0.05) is 72.6 Å². The molecule has 1 N–H and O–H groups in total. The number of rotatable bonds is 9. The summed E-state index contributed by atoms with van der Waals surface area (Å²) >= 11 is 12.4. The minimum Gasteiger partial charge on any atom is -0.487 e. The first kappa shape index (κ1) is 29.0. The number of nitrogens with zero attached hydrogens (tertiary/aromatic N) is 5. The summed E-state index contributed by atoms with van der Waals surface area (Å²) in [6.07, 6.45) is 1.42. The summed E-state index contributed by atoms with van der Waals surface area (Å²) in [5.74, 6) is 1.92. The monoisotopic (exact) mass is 602 g/mol. The second-order valence-corrected chi connectivity index (χ2v) is 10.5. The summed E-state index contributed by atoms with van der Waals surface area (Å²) < 4.78 is 16.7. The molecule has 218 valence electrons. The van der Waals surface area contributed by atoms with Crippen LogP contribution >= 0.6 is 23.2 Å². The highest BCUT2D eigenvalue weighted by Crippen LogP contribution is 2.32. The van der Waals surface area contributed by atoms with Crippen LogP contribution in [0.4, 0.5) is 11.4 Å². The fourth-order valence-electron chi connectivity index (χ4n) is 4.95. The molecule has 0 spiro atoms. The standard InChI is InChI=1S/C28H32Cl2N6O5/c1-2-40-27-16-21(5-6-25(27)36(37)38)34-10-12-35(13-11-34)28(31-9-7-19-3-4-20(29)15-23(19)30)32-17-24-22-18-39-14-8-26(22)41-33-24/h3-6,15-16H,2,7-14,17-18H2,1H3,(H,31,32). The molecule has 0 amide bonds. The Hall–Kier alpha value is -3.54. The lowest BCUT2D eigenvalue weighted by molar-refractivity contribution is -0.385. The Morgan fingerprint density at radius 2 is 2.02 bits per heavy atom. The first-order chi connectivity index (χ1) is 19.9. The number of anilines is 1. The molecule has 2 aromatic carbocycles. The van der Waals surface area contributed by atoms with Crippen molar-refractivity contribution in [2.45, 2.75) is 32.9 Å². The largest absolute Gasteiger partial charge is 0.487 e. The number of guanidine groups is 1. The molecule has 5 rings (SSSR count). The van der Waals surface area contributed by atoms with Crippen LogP contribution in [-0.2, 0) is 30.7 Å². The number of aliphatic imine (C=N–C) groups is 1. The first-order valence-electron chi connectivity index (χ1n) is 13.6. The Morgan fingerprint density at radius 1 is 1.20 bits per heavy atom. The van der Waals surface area contributed by atoms with Crippen LogP contribution in [0.1, 0.15) is 29.5 Å². The molecule has 11 nitrogen and oxygen atoms in total. The van der Waals surface area contributed by atoms with E-state index in [0.29, 0.717) is 82.0 Å². The SMILES string of the molecule is CCOc1cc(N2CCN(C(=NCc3noc4c3COCC4)NCCc3ccc(Cl)cc3Cl)CC2)ccc1[N+](=O)[O-]. The van der Waals surface area contributed by atoms with E-state index in [0.717, 1.165) is 34.2 Å². The minimum absolute atomic E-state index is 0.0332. The summed E-state index contributed by atoms with van der Waals surface area (Å²) in [5, 5.41) is 20.4. The number of aromatic nitrogens is 1. The lowest BCUT2D eigenvalue weighted by Crippen LogP contribution is -2.53. The number of hydrogen-bond donors (Lipinski definition) is 1. The van der Waals surface area contributed by atoms with Gasteiger partial charge in [0.15, 0.2) is 11.7 Å². The van der Waals surface area contributed by atoms with Gasteiger partial charge in [0.2, 0.25) is 0 Å². The molecule has 0 aliphatic carbocycles. The van der Waals surface area contributed by atoms with E-state index >= 15 is 0 Å². The van der Waals surface area contributed by atoms with Gasteiger partial charge >= 0.3 is 5.69 Å². The molecule has 13 heteroatoms. The summed E-state index contributed by atoms with van der Waals surface area (Å²) in [5.41, 5.74) is 3.62. The average molecular weight is 604 g/mol. The summed E-state index contributed by atoms with van der Waals surface area (Å²) in [7, 11) is 0. The molecule has 2 aliphatic rings. The molecule has 2 aliphatic heterocycles. The van der Waals surface area contributed by atoms with E-state index in [2.05, 4.69) is 20.3 Å². The molecule has 3 aromatic rings. The van der Waals surface area contributed by atoms with Crippen molar-refractivity contribution < 1.29 is 18.9 Å². The van der Waals surface area contributed by atoms with Gasteiger partial charge in [-0.25, -0.2) is 4.99 Å². The van der Waals surface area contributed by atoms with E-state index < -0.39 is 4.92 Å². The van der Waals surface area contributed by atoms with Crippen molar-refractivity contribution in [1.29, 1.82) is 0 Å². The van der Waals surface area contributed by atoms with Gasteiger partial charge < -0.3 is 29.1 Å². The number of ether oxygens (including phenoxy) is 2. The number of nitro benzene ring substituents is 1. The second-order valence-electron chi connectivity index (χ2n) is 9.70. The van der Waals surface area contributed by atoms with E-state index in [-0.39, 0.29) is 11.4 Å². The maximum Gasteiger partial charge on any atom is 0.311 e. The van der Waals surface area contributed by atoms with E-state index in [1.165, 1.54) is 6.07 Å². The Bertz CT molecular complexity index is 1410. The topological polar surface area (TPSA) is 118 Å². The van der Waals surface area contributed by atoms with Crippen LogP contribution in [0.3, 0.4) is 0 Å². The normalized spacial score (nSPS) is 15.5. The fraction of sp³-hybridized carbons (Fsp3) is 0.429. The minimum atomic E-state index is -0.420. The van der Waals surface area contributed by atoms with Crippen LogP contribution in [0.5, 0.6) is 5.75 Å². The molecule has 1 aromatic heterocycles. The maximum absolute atomic E-state index is 11.4. The summed E-state index contributed by atoms with van der Waals surface area (Å²) in [6.45, 7) is 7.10. The van der Waals surface area contributed by atoms with Crippen LogP contribution in [0.15, 0.2) is 45.9 Å². The zero-order valence-corrected chi connectivity index (χ0v) is 24.3. The molecule has 0 unspecified atom stereocenters. The molecule has 0 atom stereocenters. The number of fused-ring (bicyclic) bond motifs is 1. The number of benzene rings is 2. The first-order valence-corrected chi connectivity index (χ1v) is 14.4. The predicted molar refractivity (Wildman–Crippen MR) is 157 cm³/mol. The van der Waals surface area contributed by atoms with Gasteiger partial charge in [-0.3, -0.25) is 10.1 Å². The molecule has 0 bridgehead atoms. The van der Waals surface area contributed by atoms with E-state index in [9.17, 15) is 10.1 Å². The Labute approximate surface area is 248 Å². The van der Waals surface area contributed by atoms with Crippen molar-refractivity contribution in [2.24, 2.45) is 4.99 Å². The van der Waals surface area contributed by atoms with Crippen molar-refractivity contribution >= 4 is 40.5 Å². The van der Waals surface area contributed by atoms with Crippen molar-refractivity contribution in [3.63, 3.8) is 0 Å². The molecule has 1 saturated heterocycles. The smallest absolute Gasteiger partial charge is 0.311 e. The molecule has 3 heterocycles. The van der Waals surface area contributed by atoms with Crippen LogP contribution in [0.25, 0.3) is 0 Å². The lowest BCUT2D eigenvalue weighted by Gasteiger charge is -2.38. The maximum atomic E-state index is 11.4. The van der Waals surface area contributed by atoms with Gasteiger partial charge in [-0.05, 0) is 37.1 Å². The molecule has 0 radical (unpaired) electrons. The summed E-state index contributed by atoms with van der Waals surface area (Å²) in [4.78, 5) is 20.3. The van der Waals surface area contributed by atoms with Gasteiger partial charge in [0.1, 0.15) is 11.5 Å². The highest BCUT2D eigenvalue weighted by Gasteiger charge is 2.24. The predicted octanol–water partition coefficient (Wildman–Crippen LogP) is 4.87. The van der Waals surface area contributed by atoms with Gasteiger partial charge in [0.25, 0.3) is 0 Å². The van der Waals surface area contributed by atoms with Gasteiger partial charge in [-0.15, -0.1) is 0 Å². The molecule has 41 heavy (non-hydrogen) atoms. The van der Waals surface area contributed by atoms with Crippen molar-refractivity contribution in [3.05, 3.63) is 79.1 Å². The lowest BCUT2D eigenvalue weighted by atomic mass is 10.1. The van der Waals surface area contributed by atoms with E-state index in [1.54, 1.807) is 18.2 Å². The van der Waals surface area contributed by atoms with Crippen molar-refractivity contribution in [3.8, 4) is 5.75 Å². The van der Waals surface area contributed by atoms with Crippen LogP contribution in [-0.4, -0.2) is 66.9 Å². The molecular formula is C28H32Cl2N6O5. The average Bonchev–Trinajstić information content (AvgIpc) is 3.39.